The Labute approximate surface area is 238 Å². The molecule has 0 aromatic heterocycles. The zero-order chi connectivity index (χ0) is 28.5. The highest BCUT2D eigenvalue weighted by Gasteiger charge is 2.33. The van der Waals surface area contributed by atoms with Crippen molar-refractivity contribution in [1.29, 1.82) is 0 Å². The minimum Gasteiger partial charge on any atom is -0.352 e. The summed E-state index contributed by atoms with van der Waals surface area (Å²) in [6, 6.07) is 24.5. The summed E-state index contributed by atoms with van der Waals surface area (Å²) in [6.07, 6.45) is 5.40. The van der Waals surface area contributed by atoms with Crippen molar-refractivity contribution in [2.75, 3.05) is 17.4 Å². The molecule has 0 saturated heterocycles. The van der Waals surface area contributed by atoms with Gasteiger partial charge in [0, 0.05) is 12.6 Å². The number of rotatable bonds is 12. The average molecular weight is 562 g/mol. The van der Waals surface area contributed by atoms with E-state index in [1.54, 1.807) is 37.3 Å². The molecule has 1 unspecified atom stereocenters. The number of hydrogen-bond acceptors (Lipinski definition) is 4. The minimum atomic E-state index is -4.05. The van der Waals surface area contributed by atoms with Gasteiger partial charge in [-0.05, 0) is 68.0 Å². The van der Waals surface area contributed by atoms with Gasteiger partial charge in [0.15, 0.2) is 0 Å². The molecule has 1 N–H and O–H groups in total. The topological polar surface area (TPSA) is 86.8 Å². The fourth-order valence-electron chi connectivity index (χ4n) is 5.11. The lowest BCUT2D eigenvalue weighted by molar-refractivity contribution is -0.139. The monoisotopic (exact) mass is 561 g/mol. The third kappa shape index (κ3) is 7.30. The molecule has 1 fully saturated rings. The van der Waals surface area contributed by atoms with Gasteiger partial charge in [0.1, 0.15) is 12.6 Å². The summed E-state index contributed by atoms with van der Waals surface area (Å²) in [5.74, 6) is -0.637. The van der Waals surface area contributed by atoms with Crippen LogP contribution in [-0.2, 0) is 32.5 Å². The maximum Gasteiger partial charge on any atom is 0.264 e. The second-order valence-electron chi connectivity index (χ2n) is 10.3. The van der Waals surface area contributed by atoms with Crippen LogP contribution in [0.15, 0.2) is 89.8 Å². The van der Waals surface area contributed by atoms with E-state index in [4.69, 9.17) is 0 Å². The maximum absolute atomic E-state index is 14.0. The summed E-state index contributed by atoms with van der Waals surface area (Å²) in [7, 11) is -4.05. The number of aryl methyl sites for hydroxylation is 1. The molecule has 0 bridgehead atoms. The first kappa shape index (κ1) is 29.3. The number of carbonyl (C=O) groups is 2. The molecule has 7 nitrogen and oxygen atoms in total. The van der Waals surface area contributed by atoms with Crippen LogP contribution in [0.5, 0.6) is 0 Å². The van der Waals surface area contributed by atoms with E-state index < -0.39 is 28.5 Å². The van der Waals surface area contributed by atoms with E-state index in [0.29, 0.717) is 12.1 Å². The number of benzene rings is 3. The Morgan fingerprint density at radius 2 is 1.48 bits per heavy atom. The summed E-state index contributed by atoms with van der Waals surface area (Å²) < 4.78 is 28.8. The molecule has 0 heterocycles. The molecule has 1 aliphatic rings. The maximum atomic E-state index is 14.0. The zero-order valence-electron chi connectivity index (χ0n) is 23.3. The second-order valence-corrected chi connectivity index (χ2v) is 12.2. The van der Waals surface area contributed by atoms with Gasteiger partial charge in [0.05, 0.1) is 10.6 Å². The summed E-state index contributed by atoms with van der Waals surface area (Å²) in [4.78, 5) is 28.9. The molecule has 212 valence electrons. The number of hydrogen-bond donors (Lipinski definition) is 1. The largest absolute Gasteiger partial charge is 0.352 e. The SMILES string of the molecule is CCc1ccc(N(CC(=O)N(CCc2ccccc2)C(C)C(=O)NC2CCCC2)S(=O)(=O)c2ccccc2)cc1. The van der Waals surface area contributed by atoms with Crippen LogP contribution in [0.1, 0.15) is 50.7 Å². The molecular formula is C32H39N3O4S. The molecule has 3 aromatic rings. The van der Waals surface area contributed by atoms with Crippen molar-refractivity contribution >= 4 is 27.5 Å². The van der Waals surface area contributed by atoms with Crippen LogP contribution >= 0.6 is 0 Å². The van der Waals surface area contributed by atoms with Crippen LogP contribution in [0, 0.1) is 0 Å². The van der Waals surface area contributed by atoms with E-state index >= 15 is 0 Å². The molecule has 1 saturated carbocycles. The molecule has 0 spiro atoms. The van der Waals surface area contributed by atoms with Gasteiger partial charge in [-0.25, -0.2) is 8.42 Å². The van der Waals surface area contributed by atoms with Crippen molar-refractivity contribution in [3.63, 3.8) is 0 Å². The Morgan fingerprint density at radius 1 is 0.875 bits per heavy atom. The lowest BCUT2D eigenvalue weighted by atomic mass is 10.1. The van der Waals surface area contributed by atoms with E-state index in [-0.39, 0.29) is 23.4 Å². The van der Waals surface area contributed by atoms with E-state index in [0.717, 1.165) is 47.5 Å². The Hall–Kier alpha value is -3.65. The van der Waals surface area contributed by atoms with Crippen LogP contribution in [0.2, 0.25) is 0 Å². The zero-order valence-corrected chi connectivity index (χ0v) is 24.1. The first-order chi connectivity index (χ1) is 19.3. The predicted octanol–water partition coefficient (Wildman–Crippen LogP) is 4.96. The highest BCUT2D eigenvalue weighted by atomic mass is 32.2. The fraction of sp³-hybridized carbons (Fsp3) is 0.375. The lowest BCUT2D eigenvalue weighted by Gasteiger charge is -2.32. The summed E-state index contributed by atoms with van der Waals surface area (Å²) in [5.41, 5.74) is 2.50. The van der Waals surface area contributed by atoms with Crippen molar-refractivity contribution in [3.8, 4) is 0 Å². The smallest absolute Gasteiger partial charge is 0.264 e. The van der Waals surface area contributed by atoms with Gasteiger partial charge in [0.25, 0.3) is 10.0 Å². The van der Waals surface area contributed by atoms with Gasteiger partial charge in [-0.1, -0.05) is 80.4 Å². The van der Waals surface area contributed by atoms with Crippen molar-refractivity contribution in [3.05, 3.63) is 96.1 Å². The van der Waals surface area contributed by atoms with E-state index in [2.05, 4.69) is 5.32 Å². The molecule has 1 atom stereocenters. The lowest BCUT2D eigenvalue weighted by Crippen LogP contribution is -2.53. The summed E-state index contributed by atoms with van der Waals surface area (Å²) in [6.45, 7) is 3.62. The second kappa shape index (κ2) is 13.6. The van der Waals surface area contributed by atoms with Gasteiger partial charge in [-0.3, -0.25) is 13.9 Å². The van der Waals surface area contributed by atoms with Crippen molar-refractivity contribution in [2.45, 2.75) is 69.4 Å². The highest BCUT2D eigenvalue weighted by molar-refractivity contribution is 7.92. The number of sulfonamides is 1. The van der Waals surface area contributed by atoms with Gasteiger partial charge in [0.2, 0.25) is 11.8 Å². The third-order valence-corrected chi connectivity index (χ3v) is 9.38. The Kier molecular flexibility index (Phi) is 9.98. The van der Waals surface area contributed by atoms with Crippen molar-refractivity contribution < 1.29 is 18.0 Å². The predicted molar refractivity (Wildman–Crippen MR) is 159 cm³/mol. The molecular weight excluding hydrogens is 522 g/mol. The summed E-state index contributed by atoms with van der Waals surface area (Å²) in [5, 5.41) is 3.10. The van der Waals surface area contributed by atoms with Crippen LogP contribution in [0.25, 0.3) is 0 Å². The van der Waals surface area contributed by atoms with Crippen molar-refractivity contribution in [1.82, 2.24) is 10.2 Å². The number of carbonyl (C=O) groups excluding carboxylic acids is 2. The molecule has 40 heavy (non-hydrogen) atoms. The molecule has 2 amide bonds. The highest BCUT2D eigenvalue weighted by Crippen LogP contribution is 2.25. The van der Waals surface area contributed by atoms with Gasteiger partial charge >= 0.3 is 0 Å². The van der Waals surface area contributed by atoms with Crippen LogP contribution in [-0.4, -0.2) is 50.3 Å². The summed E-state index contributed by atoms with van der Waals surface area (Å²) >= 11 is 0. The van der Waals surface area contributed by atoms with Gasteiger partial charge in [-0.15, -0.1) is 0 Å². The minimum absolute atomic E-state index is 0.102. The van der Waals surface area contributed by atoms with E-state index in [1.807, 2.05) is 49.4 Å². The first-order valence-corrected chi connectivity index (χ1v) is 15.5. The number of anilines is 1. The standard InChI is InChI=1S/C32H39N3O4S/c1-3-26-18-20-29(21-19-26)35(40(38,39)30-16-8-5-9-17-30)24-31(36)34(23-22-27-12-6-4-7-13-27)25(2)32(37)33-28-14-10-11-15-28/h4-9,12-13,16-21,25,28H,3,10-11,14-15,22-24H2,1-2H3,(H,33,37). The van der Waals surface area contributed by atoms with Crippen LogP contribution in [0.4, 0.5) is 5.69 Å². The number of nitrogens with one attached hydrogen (secondary N) is 1. The normalized spacial score (nSPS) is 14.4. The number of amides is 2. The Bertz CT molecular complexity index is 1360. The third-order valence-electron chi connectivity index (χ3n) is 7.60. The molecule has 0 radical (unpaired) electrons. The molecule has 3 aromatic carbocycles. The van der Waals surface area contributed by atoms with E-state index in [1.165, 1.54) is 17.0 Å². The van der Waals surface area contributed by atoms with Crippen molar-refractivity contribution in [2.24, 2.45) is 0 Å². The fourth-order valence-corrected chi connectivity index (χ4v) is 6.54. The number of nitrogens with zero attached hydrogens (tertiary/aromatic N) is 2. The average Bonchev–Trinajstić information content (AvgIpc) is 3.50. The molecule has 1 aliphatic carbocycles. The molecule has 4 rings (SSSR count). The Balaban J connectivity index is 1.63. The Morgan fingerprint density at radius 3 is 2.08 bits per heavy atom. The van der Waals surface area contributed by atoms with Gasteiger partial charge < -0.3 is 10.2 Å². The molecule has 8 heteroatoms. The first-order valence-electron chi connectivity index (χ1n) is 14.1. The quantitative estimate of drug-likeness (QED) is 0.339. The van der Waals surface area contributed by atoms with E-state index in [9.17, 15) is 18.0 Å². The van der Waals surface area contributed by atoms with Crippen LogP contribution in [0.3, 0.4) is 0 Å². The van der Waals surface area contributed by atoms with Crippen LogP contribution < -0.4 is 9.62 Å². The molecule has 0 aliphatic heterocycles. The van der Waals surface area contributed by atoms with Gasteiger partial charge in [-0.2, -0.15) is 0 Å².